The lowest BCUT2D eigenvalue weighted by molar-refractivity contribution is 0.304. The lowest BCUT2D eigenvalue weighted by Crippen LogP contribution is -2.22. The van der Waals surface area contributed by atoms with Crippen molar-refractivity contribution in [1.29, 1.82) is 0 Å². The molecule has 0 amide bonds. The quantitative estimate of drug-likeness (QED) is 0.353. The van der Waals surface area contributed by atoms with E-state index in [-0.39, 0.29) is 22.6 Å². The van der Waals surface area contributed by atoms with Crippen molar-refractivity contribution >= 4 is 11.6 Å². The van der Waals surface area contributed by atoms with E-state index in [4.69, 9.17) is 21.1 Å². The number of aromatic nitrogens is 4. The molecule has 0 saturated heterocycles. The Labute approximate surface area is 209 Å². The molecule has 4 aromatic rings. The van der Waals surface area contributed by atoms with Crippen molar-refractivity contribution in [3.05, 3.63) is 93.4 Å². The maximum absolute atomic E-state index is 13.2. The molecule has 0 N–H and O–H groups in total. The maximum Gasteiger partial charge on any atom is 0.277 e. The molecule has 0 aliphatic carbocycles. The standard InChI is InChI=1S/C27H27ClN4O3/c1-17-13-23(35-16-18-7-6-8-20(14-18)34-5)24(28)25(33)32(17)19-9-11-29-22(15-19)21-10-12-30-26(31-21)27(2,3)4/h6-15H,16H2,1-5H3. The van der Waals surface area contributed by atoms with Gasteiger partial charge in [-0.2, -0.15) is 0 Å². The molecular formula is C27H27ClN4O3. The topological polar surface area (TPSA) is 79.1 Å². The van der Waals surface area contributed by atoms with Crippen LogP contribution in [0.5, 0.6) is 11.5 Å². The SMILES string of the molecule is COc1cccc(COc2cc(C)n(-c3ccnc(-c4ccnc(C(C)(C)C)n4)c3)c(=O)c2Cl)c1. The van der Waals surface area contributed by atoms with E-state index in [0.29, 0.717) is 28.5 Å². The van der Waals surface area contributed by atoms with Crippen LogP contribution in [0.15, 0.2) is 65.7 Å². The van der Waals surface area contributed by atoms with Gasteiger partial charge in [0.05, 0.1) is 24.2 Å². The van der Waals surface area contributed by atoms with Crippen LogP contribution in [0.4, 0.5) is 0 Å². The first-order chi connectivity index (χ1) is 16.7. The van der Waals surface area contributed by atoms with Crippen LogP contribution < -0.4 is 15.0 Å². The number of hydrogen-bond donors (Lipinski definition) is 0. The Morgan fingerprint density at radius 2 is 1.77 bits per heavy atom. The fourth-order valence-corrected chi connectivity index (χ4v) is 3.79. The molecule has 4 rings (SSSR count). The Morgan fingerprint density at radius 3 is 2.51 bits per heavy atom. The van der Waals surface area contributed by atoms with Crippen LogP contribution in [0, 0.1) is 6.92 Å². The van der Waals surface area contributed by atoms with Gasteiger partial charge in [-0.3, -0.25) is 14.3 Å². The lowest BCUT2D eigenvalue weighted by Gasteiger charge is -2.17. The van der Waals surface area contributed by atoms with Crippen molar-refractivity contribution in [2.45, 2.75) is 39.7 Å². The zero-order chi connectivity index (χ0) is 25.2. The summed E-state index contributed by atoms with van der Waals surface area (Å²) in [7, 11) is 1.61. The van der Waals surface area contributed by atoms with E-state index < -0.39 is 0 Å². The highest BCUT2D eigenvalue weighted by molar-refractivity contribution is 6.31. The second-order valence-electron chi connectivity index (χ2n) is 9.16. The minimum absolute atomic E-state index is 0.00825. The molecular weight excluding hydrogens is 464 g/mol. The molecule has 0 radical (unpaired) electrons. The number of benzene rings is 1. The van der Waals surface area contributed by atoms with Crippen LogP contribution in [-0.4, -0.2) is 26.6 Å². The first kappa shape index (κ1) is 24.4. The molecule has 35 heavy (non-hydrogen) atoms. The van der Waals surface area contributed by atoms with Gasteiger partial charge in [0.25, 0.3) is 5.56 Å². The first-order valence-corrected chi connectivity index (χ1v) is 11.5. The van der Waals surface area contributed by atoms with E-state index in [1.165, 1.54) is 4.57 Å². The molecule has 0 bridgehead atoms. The van der Waals surface area contributed by atoms with E-state index in [2.05, 4.69) is 35.7 Å². The van der Waals surface area contributed by atoms with Crippen LogP contribution >= 0.6 is 11.6 Å². The molecule has 180 valence electrons. The maximum atomic E-state index is 13.2. The van der Waals surface area contributed by atoms with Gasteiger partial charge in [-0.15, -0.1) is 0 Å². The predicted octanol–water partition coefficient (Wildman–Crippen LogP) is 5.54. The lowest BCUT2D eigenvalue weighted by atomic mass is 9.95. The molecule has 0 spiro atoms. The summed E-state index contributed by atoms with van der Waals surface area (Å²) < 4.78 is 12.7. The molecule has 3 heterocycles. The second kappa shape index (κ2) is 9.88. The van der Waals surface area contributed by atoms with Gasteiger partial charge in [0.1, 0.15) is 29.0 Å². The van der Waals surface area contributed by atoms with Crippen LogP contribution in [0.3, 0.4) is 0 Å². The van der Waals surface area contributed by atoms with E-state index in [9.17, 15) is 4.79 Å². The van der Waals surface area contributed by atoms with E-state index in [1.807, 2.05) is 37.3 Å². The molecule has 0 atom stereocenters. The number of ether oxygens (including phenoxy) is 2. The Morgan fingerprint density at radius 1 is 1.00 bits per heavy atom. The van der Waals surface area contributed by atoms with E-state index in [1.54, 1.807) is 37.7 Å². The molecule has 0 fully saturated rings. The van der Waals surface area contributed by atoms with Crippen molar-refractivity contribution in [3.63, 3.8) is 0 Å². The highest BCUT2D eigenvalue weighted by Crippen LogP contribution is 2.27. The number of methoxy groups -OCH3 is 1. The van der Waals surface area contributed by atoms with Crippen LogP contribution in [-0.2, 0) is 12.0 Å². The average molecular weight is 491 g/mol. The van der Waals surface area contributed by atoms with Gasteiger partial charge in [-0.05, 0) is 42.8 Å². The molecule has 0 aliphatic heterocycles. The van der Waals surface area contributed by atoms with Crippen molar-refractivity contribution < 1.29 is 9.47 Å². The molecule has 1 aromatic carbocycles. The minimum Gasteiger partial charge on any atom is -0.497 e. The van der Waals surface area contributed by atoms with Crippen LogP contribution in [0.1, 0.15) is 37.9 Å². The Hall–Kier alpha value is -3.71. The monoisotopic (exact) mass is 490 g/mol. The van der Waals surface area contributed by atoms with Gasteiger partial charge in [-0.1, -0.05) is 44.5 Å². The number of nitrogens with zero attached hydrogens (tertiary/aromatic N) is 4. The highest BCUT2D eigenvalue weighted by Gasteiger charge is 2.19. The zero-order valence-corrected chi connectivity index (χ0v) is 21.1. The van der Waals surface area contributed by atoms with Crippen LogP contribution in [0.25, 0.3) is 17.1 Å². The third-order valence-electron chi connectivity index (χ3n) is 5.42. The first-order valence-electron chi connectivity index (χ1n) is 11.2. The normalized spacial score (nSPS) is 11.4. The number of halogens is 1. The van der Waals surface area contributed by atoms with E-state index in [0.717, 1.165) is 17.1 Å². The summed E-state index contributed by atoms with van der Waals surface area (Å²) in [4.78, 5) is 26.8. The van der Waals surface area contributed by atoms with Crippen LogP contribution in [0.2, 0.25) is 5.02 Å². The van der Waals surface area contributed by atoms with Gasteiger partial charge in [0, 0.05) is 29.6 Å². The summed E-state index contributed by atoms with van der Waals surface area (Å²) in [5.74, 6) is 1.78. The molecule has 0 saturated carbocycles. The number of aryl methyl sites for hydroxylation is 1. The summed E-state index contributed by atoms with van der Waals surface area (Å²) in [5, 5.41) is 0.00825. The second-order valence-corrected chi connectivity index (χ2v) is 9.54. The fraction of sp³-hybridized carbons (Fsp3) is 0.259. The van der Waals surface area contributed by atoms with Crippen molar-refractivity contribution in [1.82, 2.24) is 19.5 Å². The summed E-state index contributed by atoms with van der Waals surface area (Å²) in [6.07, 6.45) is 3.37. The van der Waals surface area contributed by atoms with Gasteiger partial charge in [0.15, 0.2) is 0 Å². The molecule has 3 aromatic heterocycles. The largest absolute Gasteiger partial charge is 0.497 e. The Balaban J connectivity index is 1.66. The number of hydrogen-bond acceptors (Lipinski definition) is 6. The van der Waals surface area contributed by atoms with Gasteiger partial charge in [0.2, 0.25) is 0 Å². The fourth-order valence-electron chi connectivity index (χ4n) is 3.59. The van der Waals surface area contributed by atoms with Gasteiger partial charge < -0.3 is 9.47 Å². The van der Waals surface area contributed by atoms with E-state index >= 15 is 0 Å². The van der Waals surface area contributed by atoms with Crippen molar-refractivity contribution in [3.8, 4) is 28.6 Å². The smallest absolute Gasteiger partial charge is 0.277 e. The van der Waals surface area contributed by atoms with Crippen molar-refractivity contribution in [2.24, 2.45) is 0 Å². The highest BCUT2D eigenvalue weighted by atomic mass is 35.5. The summed E-state index contributed by atoms with van der Waals surface area (Å²) in [6.45, 7) is 8.25. The van der Waals surface area contributed by atoms with Crippen molar-refractivity contribution in [2.75, 3.05) is 7.11 Å². The Bertz CT molecular complexity index is 1430. The zero-order valence-electron chi connectivity index (χ0n) is 20.4. The molecule has 0 unspecified atom stereocenters. The summed E-state index contributed by atoms with van der Waals surface area (Å²) in [6, 6.07) is 14.7. The molecule has 7 nitrogen and oxygen atoms in total. The average Bonchev–Trinajstić information content (AvgIpc) is 2.85. The Kier molecular flexibility index (Phi) is 6.89. The minimum atomic E-state index is -0.373. The summed E-state index contributed by atoms with van der Waals surface area (Å²) in [5.41, 5.74) is 2.96. The third kappa shape index (κ3) is 5.35. The predicted molar refractivity (Wildman–Crippen MR) is 137 cm³/mol. The number of rotatable bonds is 6. The molecule has 0 aliphatic rings. The van der Waals surface area contributed by atoms with Gasteiger partial charge >= 0.3 is 0 Å². The third-order valence-corrected chi connectivity index (χ3v) is 5.77. The molecule has 8 heteroatoms. The number of pyridine rings is 2. The van der Waals surface area contributed by atoms with Gasteiger partial charge in [-0.25, -0.2) is 9.97 Å². The summed E-state index contributed by atoms with van der Waals surface area (Å²) >= 11 is 6.45.